The molecule has 1 N–H and O–H groups in total. The minimum atomic E-state index is -0.861. The summed E-state index contributed by atoms with van der Waals surface area (Å²) in [5.41, 5.74) is 1.17. The molecule has 10 nitrogen and oxygen atoms in total. The van der Waals surface area contributed by atoms with Crippen molar-refractivity contribution >= 4 is 68.5 Å². The molecule has 1 aromatic heterocycles. The largest absolute Gasteiger partial charge is 0.482 e. The number of thiazole rings is 1. The maximum Gasteiger partial charge on any atom is 0.344 e. The van der Waals surface area contributed by atoms with Gasteiger partial charge in [0, 0.05) is 20.8 Å². The number of rotatable bonds is 8. The maximum atomic E-state index is 14.0. The molecule has 208 valence electrons. The van der Waals surface area contributed by atoms with Crippen LogP contribution in [0.15, 0.2) is 56.8 Å². The molecule has 5 rings (SSSR count). The number of hydrogen-bond donors (Lipinski definition) is 1. The van der Waals surface area contributed by atoms with Crippen molar-refractivity contribution in [1.82, 2.24) is 4.98 Å². The van der Waals surface area contributed by atoms with Crippen molar-refractivity contribution in [2.75, 3.05) is 24.7 Å². The number of imide groups is 1. The van der Waals surface area contributed by atoms with Crippen LogP contribution in [0.2, 0.25) is 0 Å². The highest BCUT2D eigenvalue weighted by Gasteiger charge is 2.56. The van der Waals surface area contributed by atoms with Crippen molar-refractivity contribution in [2.24, 2.45) is 5.92 Å². The van der Waals surface area contributed by atoms with Crippen LogP contribution in [0.25, 0.3) is 0 Å². The van der Waals surface area contributed by atoms with E-state index in [4.69, 9.17) is 14.2 Å². The van der Waals surface area contributed by atoms with Gasteiger partial charge < -0.3 is 19.2 Å². The number of fused-ring (bicyclic) bond motifs is 2. The van der Waals surface area contributed by atoms with E-state index in [2.05, 4.69) is 20.9 Å². The van der Waals surface area contributed by atoms with Gasteiger partial charge in [0.25, 0.3) is 0 Å². The summed E-state index contributed by atoms with van der Waals surface area (Å²) in [4.78, 5) is 68.4. The highest BCUT2D eigenvalue weighted by Crippen LogP contribution is 2.54. The van der Waals surface area contributed by atoms with E-state index in [1.807, 2.05) is 0 Å². The summed E-state index contributed by atoms with van der Waals surface area (Å²) in [6, 6.07) is 11.2. The Bertz CT molecular complexity index is 1550. The molecule has 2 aromatic carbocycles. The van der Waals surface area contributed by atoms with E-state index in [-0.39, 0.29) is 24.7 Å². The second-order valence-electron chi connectivity index (χ2n) is 8.80. The Kier molecular flexibility index (Phi) is 8.15. The summed E-state index contributed by atoms with van der Waals surface area (Å²) >= 11 is 5.59. The number of ether oxygens (including phenoxy) is 3. The Hall–Kier alpha value is -3.42. The van der Waals surface area contributed by atoms with E-state index in [0.29, 0.717) is 36.9 Å². The van der Waals surface area contributed by atoms with Crippen molar-refractivity contribution in [3.63, 3.8) is 0 Å². The minimum absolute atomic E-state index is 0.201. The highest BCUT2D eigenvalue weighted by molar-refractivity contribution is 9.10. The van der Waals surface area contributed by atoms with Gasteiger partial charge in [-0.25, -0.2) is 14.5 Å². The Morgan fingerprint density at radius 1 is 1.00 bits per heavy atom. The molecular weight excluding hydrogens is 624 g/mol. The van der Waals surface area contributed by atoms with Gasteiger partial charge in [0.15, 0.2) is 6.61 Å². The number of carbonyl (C=O) groups is 4. The standard InChI is InChI=1S/C27H23BrN2O8S2/c1-3-36-18(31)12-38-17-10-7-14(28)11-16(17)19-20-22(39-23-21(19)40-27(35)29-23)25(33)30(24(20)32)15-8-5-13(6-9-15)26(34)37-4-2/h5-11,19-20,22H,3-4,12H2,1-2H3,(H,29,35)/t19-,20-,22+/m0/s1. The Balaban J connectivity index is 1.55. The van der Waals surface area contributed by atoms with E-state index in [9.17, 15) is 24.0 Å². The molecule has 0 saturated carbocycles. The number of amides is 2. The van der Waals surface area contributed by atoms with Crippen molar-refractivity contribution in [3.8, 4) is 5.75 Å². The third-order valence-electron chi connectivity index (χ3n) is 6.42. The molecule has 13 heteroatoms. The number of halogens is 1. The molecule has 1 saturated heterocycles. The Labute approximate surface area is 245 Å². The van der Waals surface area contributed by atoms with Crippen molar-refractivity contribution in [3.05, 3.63) is 72.6 Å². The van der Waals surface area contributed by atoms with Crippen LogP contribution >= 0.6 is 39.0 Å². The van der Waals surface area contributed by atoms with Gasteiger partial charge in [0.2, 0.25) is 11.8 Å². The summed E-state index contributed by atoms with van der Waals surface area (Å²) in [6.07, 6.45) is 0. The monoisotopic (exact) mass is 646 g/mol. The van der Waals surface area contributed by atoms with Gasteiger partial charge in [-0.1, -0.05) is 39.0 Å². The third kappa shape index (κ3) is 5.20. The Morgan fingerprint density at radius 3 is 2.42 bits per heavy atom. The van der Waals surface area contributed by atoms with Gasteiger partial charge in [-0.2, -0.15) is 0 Å². The first-order valence-electron chi connectivity index (χ1n) is 12.4. The molecule has 2 aliphatic heterocycles. The number of aromatic amines is 1. The molecule has 3 heterocycles. The number of esters is 2. The lowest BCUT2D eigenvalue weighted by Crippen LogP contribution is -2.32. The zero-order valence-electron chi connectivity index (χ0n) is 21.3. The Morgan fingerprint density at radius 2 is 1.73 bits per heavy atom. The van der Waals surface area contributed by atoms with Gasteiger partial charge in [-0.15, -0.1) is 0 Å². The number of aromatic nitrogens is 1. The summed E-state index contributed by atoms with van der Waals surface area (Å²) in [5.74, 6) is -3.17. The van der Waals surface area contributed by atoms with Crippen LogP contribution in [-0.4, -0.2) is 53.8 Å². The van der Waals surface area contributed by atoms with Crippen LogP contribution in [-0.2, 0) is 23.9 Å². The van der Waals surface area contributed by atoms with Crippen LogP contribution in [0.5, 0.6) is 5.75 Å². The van der Waals surface area contributed by atoms with Crippen molar-refractivity contribution in [1.29, 1.82) is 0 Å². The molecule has 1 fully saturated rings. The molecule has 0 aliphatic carbocycles. The van der Waals surface area contributed by atoms with Crippen molar-refractivity contribution in [2.45, 2.75) is 30.0 Å². The zero-order valence-corrected chi connectivity index (χ0v) is 24.5. The van der Waals surface area contributed by atoms with Gasteiger partial charge in [0.1, 0.15) is 11.0 Å². The van der Waals surface area contributed by atoms with E-state index in [1.165, 1.54) is 24.3 Å². The molecule has 2 amide bonds. The average molecular weight is 648 g/mol. The lowest BCUT2D eigenvalue weighted by molar-refractivity contribution is -0.145. The second-order valence-corrected chi connectivity index (χ2v) is 11.9. The van der Waals surface area contributed by atoms with E-state index >= 15 is 0 Å². The van der Waals surface area contributed by atoms with E-state index in [0.717, 1.165) is 28.0 Å². The molecule has 3 atom stereocenters. The molecule has 0 bridgehead atoms. The predicted octanol–water partition coefficient (Wildman–Crippen LogP) is 4.11. The highest BCUT2D eigenvalue weighted by atomic mass is 79.9. The van der Waals surface area contributed by atoms with Crippen LogP contribution < -0.4 is 14.5 Å². The second kappa shape index (κ2) is 11.6. The maximum absolute atomic E-state index is 14.0. The summed E-state index contributed by atoms with van der Waals surface area (Å²) in [6.45, 7) is 3.47. The number of carbonyl (C=O) groups excluding carboxylic acids is 4. The average Bonchev–Trinajstić information content (AvgIpc) is 3.42. The molecule has 40 heavy (non-hydrogen) atoms. The van der Waals surface area contributed by atoms with Crippen LogP contribution in [0.3, 0.4) is 0 Å². The van der Waals surface area contributed by atoms with Gasteiger partial charge >= 0.3 is 16.8 Å². The lowest BCUT2D eigenvalue weighted by atomic mass is 9.82. The molecule has 0 unspecified atom stereocenters. The number of hydrogen-bond acceptors (Lipinski definition) is 10. The van der Waals surface area contributed by atoms with Crippen LogP contribution in [0.4, 0.5) is 5.69 Å². The predicted molar refractivity (Wildman–Crippen MR) is 151 cm³/mol. The van der Waals surface area contributed by atoms with E-state index in [1.54, 1.807) is 32.0 Å². The molecule has 3 aromatic rings. The fourth-order valence-corrected chi connectivity index (χ4v) is 7.69. The molecular formula is C27H23BrN2O8S2. The zero-order chi connectivity index (χ0) is 28.6. The fourth-order valence-electron chi connectivity index (χ4n) is 4.80. The van der Waals surface area contributed by atoms with Crippen LogP contribution in [0, 0.1) is 5.92 Å². The normalized spacial score (nSPS) is 19.7. The quantitative estimate of drug-likeness (QED) is 0.284. The van der Waals surface area contributed by atoms with E-state index < -0.39 is 40.8 Å². The molecule has 0 spiro atoms. The minimum Gasteiger partial charge on any atom is -0.482 e. The summed E-state index contributed by atoms with van der Waals surface area (Å²) in [7, 11) is 0. The van der Waals surface area contributed by atoms with Gasteiger partial charge in [0.05, 0.1) is 35.4 Å². The smallest absolute Gasteiger partial charge is 0.344 e. The summed E-state index contributed by atoms with van der Waals surface area (Å²) < 4.78 is 16.5. The first-order valence-corrected chi connectivity index (χ1v) is 14.8. The number of H-pyrrole nitrogens is 1. The fraction of sp³-hybridized carbons (Fsp3) is 0.296. The van der Waals surface area contributed by atoms with Crippen LogP contribution in [0.1, 0.15) is 40.6 Å². The number of nitrogens with zero attached hydrogens (tertiary/aromatic N) is 1. The van der Waals surface area contributed by atoms with Gasteiger partial charge in [-0.3, -0.25) is 14.4 Å². The molecule has 2 aliphatic rings. The third-order valence-corrected chi connectivity index (χ3v) is 9.31. The molecule has 0 radical (unpaired) electrons. The first-order chi connectivity index (χ1) is 19.2. The SMILES string of the molecule is CCOC(=O)COc1ccc(Br)cc1[C@@H]1c2sc(=O)[nH]c2S[C@H]2C(=O)N(c3ccc(C(=O)OCC)cc3)C(=O)[C@@H]12. The van der Waals surface area contributed by atoms with Gasteiger partial charge in [-0.05, 0) is 56.3 Å². The lowest BCUT2D eigenvalue weighted by Gasteiger charge is -2.31. The topological polar surface area (TPSA) is 132 Å². The van der Waals surface area contributed by atoms with Crippen molar-refractivity contribution < 1.29 is 33.4 Å². The number of thioether (sulfide) groups is 1. The number of anilines is 1. The first kappa shape index (κ1) is 28.1. The summed E-state index contributed by atoms with van der Waals surface area (Å²) in [5, 5.41) is -0.310. The number of nitrogens with one attached hydrogen (secondary N) is 1. The number of benzene rings is 2.